The number of benzene rings is 1. The molecule has 19 heavy (non-hydrogen) atoms. The summed E-state index contributed by atoms with van der Waals surface area (Å²) in [6.07, 6.45) is 4.30. The van der Waals surface area contributed by atoms with Gasteiger partial charge in [-0.2, -0.15) is 13.2 Å². The fourth-order valence-electron chi connectivity index (χ4n) is 2.54. The maximum absolute atomic E-state index is 12.5. The van der Waals surface area contributed by atoms with Gasteiger partial charge in [-0.1, -0.05) is 31.0 Å². The zero-order chi connectivity index (χ0) is 13.2. The molecule has 0 saturated heterocycles. The van der Waals surface area contributed by atoms with Crippen molar-refractivity contribution in [2.24, 2.45) is 11.7 Å². The molecule has 0 radical (unpaired) electrons. The summed E-state index contributed by atoms with van der Waals surface area (Å²) in [5.41, 5.74) is 2.51. The van der Waals surface area contributed by atoms with Crippen LogP contribution in [-0.4, -0.2) is 5.51 Å². The van der Waals surface area contributed by atoms with Gasteiger partial charge < -0.3 is 5.73 Å². The highest BCUT2D eigenvalue weighted by atomic mass is 35.5. The van der Waals surface area contributed by atoms with Crippen molar-refractivity contribution in [1.82, 2.24) is 0 Å². The summed E-state index contributed by atoms with van der Waals surface area (Å²) in [5, 5.41) is 0. The lowest BCUT2D eigenvalue weighted by Gasteiger charge is -2.22. The third-order valence-electron chi connectivity index (χ3n) is 3.41. The number of hydrogen-bond acceptors (Lipinski definition) is 2. The van der Waals surface area contributed by atoms with Crippen LogP contribution in [0, 0.1) is 5.92 Å². The molecule has 2 rings (SSSR count). The summed E-state index contributed by atoms with van der Waals surface area (Å²) in [5.74, 6) is 0.319. The van der Waals surface area contributed by atoms with Crippen molar-refractivity contribution in [3.8, 4) is 0 Å². The maximum Gasteiger partial charge on any atom is 0.446 e. The monoisotopic (exact) mass is 311 g/mol. The molecule has 0 spiro atoms. The van der Waals surface area contributed by atoms with E-state index in [0.717, 1.165) is 25.7 Å². The Bertz CT molecular complexity index is 405. The maximum atomic E-state index is 12.5. The van der Waals surface area contributed by atoms with E-state index < -0.39 is 5.51 Å². The fourth-order valence-corrected chi connectivity index (χ4v) is 3.26. The lowest BCUT2D eigenvalue weighted by molar-refractivity contribution is -0.0328. The minimum atomic E-state index is -4.26. The number of nitrogens with two attached hydrogens (primary N) is 1. The normalized spacial score (nSPS) is 18.1. The first kappa shape index (κ1) is 16.7. The quantitative estimate of drug-likeness (QED) is 0.803. The third-order valence-corrected chi connectivity index (χ3v) is 4.23. The lowest BCUT2D eigenvalue weighted by atomic mass is 9.92. The van der Waals surface area contributed by atoms with Crippen molar-refractivity contribution >= 4 is 24.2 Å². The Kier molecular flexibility index (Phi) is 6.02. The third kappa shape index (κ3) is 4.58. The van der Waals surface area contributed by atoms with E-state index in [1.165, 1.54) is 6.07 Å². The van der Waals surface area contributed by atoms with Crippen LogP contribution in [0.15, 0.2) is 29.2 Å². The van der Waals surface area contributed by atoms with E-state index in [4.69, 9.17) is 5.73 Å². The van der Waals surface area contributed by atoms with Crippen molar-refractivity contribution in [2.45, 2.75) is 42.1 Å². The number of halogens is 4. The van der Waals surface area contributed by atoms with E-state index in [1.54, 1.807) is 18.2 Å². The number of alkyl halides is 3. The first-order valence-electron chi connectivity index (χ1n) is 6.07. The van der Waals surface area contributed by atoms with Gasteiger partial charge >= 0.3 is 5.51 Å². The molecule has 0 amide bonds. The topological polar surface area (TPSA) is 26.0 Å². The second-order valence-corrected chi connectivity index (χ2v) is 5.76. The van der Waals surface area contributed by atoms with Gasteiger partial charge in [0.1, 0.15) is 0 Å². The predicted molar refractivity (Wildman–Crippen MR) is 74.5 cm³/mol. The minimum absolute atomic E-state index is 0. The molecule has 108 valence electrons. The number of rotatable bonds is 3. The highest BCUT2D eigenvalue weighted by molar-refractivity contribution is 8.00. The van der Waals surface area contributed by atoms with E-state index in [1.807, 2.05) is 0 Å². The average Bonchev–Trinajstić information content (AvgIpc) is 2.80. The van der Waals surface area contributed by atoms with Crippen LogP contribution in [-0.2, 0) is 0 Å². The fraction of sp³-hybridized carbons (Fsp3) is 0.538. The van der Waals surface area contributed by atoms with E-state index >= 15 is 0 Å². The second-order valence-electron chi connectivity index (χ2n) is 4.66. The molecule has 1 aromatic carbocycles. The van der Waals surface area contributed by atoms with Gasteiger partial charge in [-0.05, 0) is 42.2 Å². The molecule has 0 aromatic heterocycles. The van der Waals surface area contributed by atoms with Gasteiger partial charge in [0.15, 0.2) is 0 Å². The summed E-state index contributed by atoms with van der Waals surface area (Å²) in [7, 11) is 0. The first-order valence-corrected chi connectivity index (χ1v) is 6.89. The van der Waals surface area contributed by atoms with Crippen molar-refractivity contribution in [3.63, 3.8) is 0 Å². The van der Waals surface area contributed by atoms with Gasteiger partial charge in [-0.25, -0.2) is 0 Å². The Balaban J connectivity index is 0.00000180. The Morgan fingerprint density at radius 2 is 1.74 bits per heavy atom. The van der Waals surface area contributed by atoms with Crippen LogP contribution >= 0.6 is 24.2 Å². The van der Waals surface area contributed by atoms with Crippen LogP contribution in [0.25, 0.3) is 0 Å². The molecule has 6 heteroatoms. The standard InChI is InChI=1S/C13H16F3NS.ClH/c14-13(15,16)18-11-8-4-3-7-10(11)12(17)9-5-1-2-6-9;/h3-4,7-9,12H,1-2,5-6,17H2;1H/t12-;/m1./s1. The molecule has 1 atom stereocenters. The van der Waals surface area contributed by atoms with Gasteiger partial charge in [0, 0.05) is 10.9 Å². The van der Waals surface area contributed by atoms with E-state index in [9.17, 15) is 13.2 Å². The molecule has 0 heterocycles. The first-order chi connectivity index (χ1) is 8.47. The van der Waals surface area contributed by atoms with Gasteiger partial charge in [-0.15, -0.1) is 12.4 Å². The highest BCUT2D eigenvalue weighted by Crippen LogP contribution is 2.42. The second kappa shape index (κ2) is 6.86. The van der Waals surface area contributed by atoms with Gasteiger partial charge in [0.25, 0.3) is 0 Å². The Hall–Kier alpha value is -0.390. The Morgan fingerprint density at radius 1 is 1.16 bits per heavy atom. The molecule has 0 bridgehead atoms. The van der Waals surface area contributed by atoms with Crippen LogP contribution in [0.2, 0.25) is 0 Å². The molecule has 1 aliphatic carbocycles. The molecule has 0 aliphatic heterocycles. The van der Waals surface area contributed by atoms with Crippen LogP contribution in [0.1, 0.15) is 37.3 Å². The van der Waals surface area contributed by atoms with Crippen LogP contribution in [0.3, 0.4) is 0 Å². The van der Waals surface area contributed by atoms with E-state index in [-0.39, 0.29) is 35.1 Å². The van der Waals surface area contributed by atoms with Crippen molar-refractivity contribution in [2.75, 3.05) is 0 Å². The molecule has 2 N–H and O–H groups in total. The molecule has 1 nitrogen and oxygen atoms in total. The van der Waals surface area contributed by atoms with Crippen LogP contribution in [0.5, 0.6) is 0 Å². The van der Waals surface area contributed by atoms with Gasteiger partial charge in [0.2, 0.25) is 0 Å². The Morgan fingerprint density at radius 3 is 2.32 bits per heavy atom. The lowest BCUT2D eigenvalue weighted by Crippen LogP contribution is -2.20. The SMILES string of the molecule is Cl.N[C@@H](c1ccccc1SC(F)(F)F)C1CCCC1. The molecule has 1 aromatic rings. The summed E-state index contributed by atoms with van der Waals surface area (Å²) < 4.78 is 37.5. The van der Waals surface area contributed by atoms with Gasteiger partial charge in [-0.3, -0.25) is 0 Å². The Labute approximate surface area is 121 Å². The minimum Gasteiger partial charge on any atom is -0.324 e. The molecule has 1 saturated carbocycles. The van der Waals surface area contributed by atoms with Crippen LogP contribution < -0.4 is 5.73 Å². The van der Waals surface area contributed by atoms with Crippen molar-refractivity contribution in [1.29, 1.82) is 0 Å². The number of thioether (sulfide) groups is 1. The molecule has 1 fully saturated rings. The zero-order valence-electron chi connectivity index (χ0n) is 10.3. The molecule has 0 unspecified atom stereocenters. The smallest absolute Gasteiger partial charge is 0.324 e. The average molecular weight is 312 g/mol. The molecule has 1 aliphatic rings. The summed E-state index contributed by atoms with van der Waals surface area (Å²) in [4.78, 5) is 0.240. The summed E-state index contributed by atoms with van der Waals surface area (Å²) in [6.45, 7) is 0. The van der Waals surface area contributed by atoms with Gasteiger partial charge in [0.05, 0.1) is 0 Å². The number of hydrogen-bond donors (Lipinski definition) is 1. The van der Waals surface area contributed by atoms with Crippen molar-refractivity contribution < 1.29 is 13.2 Å². The highest BCUT2D eigenvalue weighted by Gasteiger charge is 2.32. The van der Waals surface area contributed by atoms with Crippen molar-refractivity contribution in [3.05, 3.63) is 29.8 Å². The largest absolute Gasteiger partial charge is 0.446 e. The van der Waals surface area contributed by atoms with E-state index in [2.05, 4.69) is 0 Å². The van der Waals surface area contributed by atoms with E-state index in [0.29, 0.717) is 11.5 Å². The molecular formula is C13H17ClF3NS. The predicted octanol–water partition coefficient (Wildman–Crippen LogP) is 4.91. The summed E-state index contributed by atoms with van der Waals surface area (Å²) in [6, 6.07) is 6.32. The zero-order valence-corrected chi connectivity index (χ0v) is 12.0. The molecular weight excluding hydrogens is 295 g/mol. The summed E-state index contributed by atoms with van der Waals surface area (Å²) >= 11 is -0.0655. The van der Waals surface area contributed by atoms with Crippen LogP contribution in [0.4, 0.5) is 13.2 Å².